The number of hydrogen-bond acceptors (Lipinski definition) is 2. The quantitative estimate of drug-likeness (QED) is 0.497. The van der Waals surface area contributed by atoms with Crippen LogP contribution in [0, 0.1) is 27.7 Å². The molecule has 0 fully saturated rings. The van der Waals surface area contributed by atoms with E-state index in [0.717, 1.165) is 34.1 Å². The van der Waals surface area contributed by atoms with Gasteiger partial charge in [0.1, 0.15) is 17.2 Å². The standard InChI is InChI=1S/C23H23N3/c1-15-11-13-19(14-12-15)22-23(25-21-16(2)7-5-8-17(21)3)26-18(4)9-6-10-20(26)24-22/h5-14,25H,1-4H3. The van der Waals surface area contributed by atoms with Gasteiger partial charge < -0.3 is 5.32 Å². The van der Waals surface area contributed by atoms with Crippen molar-refractivity contribution in [3.05, 3.63) is 83.0 Å². The van der Waals surface area contributed by atoms with E-state index < -0.39 is 0 Å². The molecule has 4 rings (SSSR count). The molecule has 0 atom stereocenters. The van der Waals surface area contributed by atoms with E-state index in [-0.39, 0.29) is 0 Å². The summed E-state index contributed by atoms with van der Waals surface area (Å²) >= 11 is 0. The van der Waals surface area contributed by atoms with E-state index in [0.29, 0.717) is 0 Å². The lowest BCUT2D eigenvalue weighted by Gasteiger charge is -2.15. The second kappa shape index (κ2) is 6.34. The first-order valence-corrected chi connectivity index (χ1v) is 8.93. The zero-order chi connectivity index (χ0) is 18.3. The number of pyridine rings is 1. The number of nitrogens with one attached hydrogen (secondary N) is 1. The zero-order valence-corrected chi connectivity index (χ0v) is 15.7. The molecule has 0 amide bonds. The van der Waals surface area contributed by atoms with E-state index in [9.17, 15) is 0 Å². The number of aromatic nitrogens is 2. The molecule has 0 bridgehead atoms. The lowest BCUT2D eigenvalue weighted by Crippen LogP contribution is -2.02. The largest absolute Gasteiger partial charge is 0.339 e. The van der Waals surface area contributed by atoms with E-state index >= 15 is 0 Å². The minimum Gasteiger partial charge on any atom is -0.339 e. The maximum absolute atomic E-state index is 4.93. The van der Waals surface area contributed by atoms with Gasteiger partial charge in [-0.3, -0.25) is 4.40 Å². The second-order valence-electron chi connectivity index (χ2n) is 6.93. The van der Waals surface area contributed by atoms with Crippen LogP contribution in [0.1, 0.15) is 22.4 Å². The molecular formula is C23H23N3. The number of aryl methyl sites for hydroxylation is 4. The molecule has 0 aliphatic rings. The van der Waals surface area contributed by atoms with Crippen molar-refractivity contribution in [2.24, 2.45) is 0 Å². The number of anilines is 2. The van der Waals surface area contributed by atoms with Crippen LogP contribution in [-0.2, 0) is 0 Å². The maximum atomic E-state index is 4.93. The monoisotopic (exact) mass is 341 g/mol. The van der Waals surface area contributed by atoms with Crippen LogP contribution in [0.2, 0.25) is 0 Å². The van der Waals surface area contributed by atoms with Crippen LogP contribution in [0.5, 0.6) is 0 Å². The van der Waals surface area contributed by atoms with Crippen molar-refractivity contribution in [1.29, 1.82) is 0 Å². The van der Waals surface area contributed by atoms with Gasteiger partial charge >= 0.3 is 0 Å². The van der Waals surface area contributed by atoms with Gasteiger partial charge in [0.05, 0.1) is 0 Å². The Morgan fingerprint density at radius 2 is 1.42 bits per heavy atom. The minimum atomic E-state index is 0.953. The topological polar surface area (TPSA) is 29.3 Å². The van der Waals surface area contributed by atoms with Crippen molar-refractivity contribution >= 4 is 17.2 Å². The average Bonchev–Trinajstić information content (AvgIpc) is 2.99. The predicted molar refractivity (Wildman–Crippen MR) is 109 cm³/mol. The number of para-hydroxylation sites is 1. The zero-order valence-electron chi connectivity index (χ0n) is 15.7. The molecule has 2 aromatic heterocycles. The highest BCUT2D eigenvalue weighted by Crippen LogP contribution is 2.34. The molecule has 0 aliphatic heterocycles. The van der Waals surface area contributed by atoms with Crippen LogP contribution in [0.4, 0.5) is 11.5 Å². The van der Waals surface area contributed by atoms with Crippen LogP contribution in [0.25, 0.3) is 16.9 Å². The van der Waals surface area contributed by atoms with E-state index in [1.807, 2.05) is 0 Å². The Bertz CT molecular complexity index is 1070. The highest BCUT2D eigenvalue weighted by Gasteiger charge is 2.17. The van der Waals surface area contributed by atoms with E-state index in [2.05, 4.69) is 98.1 Å². The van der Waals surface area contributed by atoms with E-state index in [4.69, 9.17) is 4.98 Å². The van der Waals surface area contributed by atoms with Crippen LogP contribution in [0.3, 0.4) is 0 Å². The summed E-state index contributed by atoms with van der Waals surface area (Å²) in [5.74, 6) is 1.01. The molecule has 0 aliphatic carbocycles. The number of hydrogen-bond donors (Lipinski definition) is 1. The summed E-state index contributed by atoms with van der Waals surface area (Å²) in [6.45, 7) is 8.49. The fraction of sp³-hybridized carbons (Fsp3) is 0.174. The summed E-state index contributed by atoms with van der Waals surface area (Å²) in [4.78, 5) is 4.93. The molecule has 0 saturated heterocycles. The molecule has 130 valence electrons. The molecule has 26 heavy (non-hydrogen) atoms. The summed E-state index contributed by atoms with van der Waals surface area (Å²) in [7, 11) is 0. The fourth-order valence-electron chi connectivity index (χ4n) is 3.41. The van der Waals surface area contributed by atoms with Gasteiger partial charge in [-0.25, -0.2) is 4.98 Å². The Morgan fingerprint density at radius 1 is 0.769 bits per heavy atom. The minimum absolute atomic E-state index is 0.953. The van der Waals surface area contributed by atoms with Gasteiger partial charge in [-0.2, -0.15) is 0 Å². The Morgan fingerprint density at radius 3 is 2.12 bits per heavy atom. The molecule has 1 N–H and O–H groups in total. The summed E-state index contributed by atoms with van der Waals surface area (Å²) in [5.41, 5.74) is 9.04. The number of benzene rings is 2. The number of fused-ring (bicyclic) bond motifs is 1. The molecule has 2 aromatic carbocycles. The molecule has 0 saturated carbocycles. The lowest BCUT2D eigenvalue weighted by atomic mass is 10.1. The van der Waals surface area contributed by atoms with Gasteiger partial charge in [-0.1, -0.05) is 54.1 Å². The van der Waals surface area contributed by atoms with Crippen LogP contribution in [-0.4, -0.2) is 9.38 Å². The normalized spacial score (nSPS) is 11.1. The molecule has 0 radical (unpaired) electrons. The Balaban J connectivity index is 1.96. The average molecular weight is 341 g/mol. The molecule has 0 spiro atoms. The van der Waals surface area contributed by atoms with Crippen LogP contribution in [0.15, 0.2) is 60.7 Å². The van der Waals surface area contributed by atoms with Crippen molar-refractivity contribution in [2.45, 2.75) is 27.7 Å². The second-order valence-corrected chi connectivity index (χ2v) is 6.93. The predicted octanol–water partition coefficient (Wildman–Crippen LogP) is 5.98. The van der Waals surface area contributed by atoms with Crippen LogP contribution < -0.4 is 5.32 Å². The summed E-state index contributed by atoms with van der Waals surface area (Å²) in [6.07, 6.45) is 0. The van der Waals surface area contributed by atoms with Gasteiger partial charge in [0.25, 0.3) is 0 Å². The van der Waals surface area contributed by atoms with Gasteiger partial charge in [0, 0.05) is 16.9 Å². The van der Waals surface area contributed by atoms with Crippen LogP contribution >= 0.6 is 0 Å². The van der Waals surface area contributed by atoms with Gasteiger partial charge in [0.15, 0.2) is 0 Å². The van der Waals surface area contributed by atoms with Gasteiger partial charge in [-0.15, -0.1) is 0 Å². The van der Waals surface area contributed by atoms with Crippen molar-refractivity contribution in [3.63, 3.8) is 0 Å². The smallest absolute Gasteiger partial charge is 0.143 e. The Kier molecular flexibility index (Phi) is 4.00. The van der Waals surface area contributed by atoms with Gasteiger partial charge in [-0.05, 0) is 51.0 Å². The number of nitrogens with zero attached hydrogens (tertiary/aromatic N) is 2. The summed E-state index contributed by atoms with van der Waals surface area (Å²) in [5, 5.41) is 3.69. The Hall–Kier alpha value is -3.07. The Labute approximate surface area is 154 Å². The highest BCUT2D eigenvalue weighted by atomic mass is 15.1. The molecule has 3 nitrogen and oxygen atoms in total. The third kappa shape index (κ3) is 2.76. The number of imidazole rings is 1. The maximum Gasteiger partial charge on any atom is 0.143 e. The van der Waals surface area contributed by atoms with Crippen molar-refractivity contribution < 1.29 is 0 Å². The fourth-order valence-corrected chi connectivity index (χ4v) is 3.41. The first-order chi connectivity index (χ1) is 12.5. The van der Waals surface area contributed by atoms with E-state index in [1.165, 1.54) is 16.7 Å². The highest BCUT2D eigenvalue weighted by molar-refractivity contribution is 5.81. The summed E-state index contributed by atoms with van der Waals surface area (Å²) in [6, 6.07) is 21.1. The molecule has 4 aromatic rings. The lowest BCUT2D eigenvalue weighted by molar-refractivity contribution is 1.09. The number of rotatable bonds is 3. The molecule has 0 unspecified atom stereocenters. The first kappa shape index (κ1) is 16.4. The SMILES string of the molecule is Cc1ccc(-c2nc3cccc(C)n3c2Nc2c(C)cccc2C)cc1. The summed E-state index contributed by atoms with van der Waals surface area (Å²) < 4.78 is 2.20. The first-order valence-electron chi connectivity index (χ1n) is 8.93. The molecule has 2 heterocycles. The molecule has 3 heteroatoms. The molecular weight excluding hydrogens is 318 g/mol. The van der Waals surface area contributed by atoms with Crippen molar-refractivity contribution in [3.8, 4) is 11.3 Å². The van der Waals surface area contributed by atoms with E-state index in [1.54, 1.807) is 0 Å². The third-order valence-corrected chi connectivity index (χ3v) is 4.89. The van der Waals surface area contributed by atoms with Crippen molar-refractivity contribution in [2.75, 3.05) is 5.32 Å². The van der Waals surface area contributed by atoms with Crippen molar-refractivity contribution in [1.82, 2.24) is 9.38 Å². The van der Waals surface area contributed by atoms with Gasteiger partial charge in [0.2, 0.25) is 0 Å². The third-order valence-electron chi connectivity index (χ3n) is 4.89.